The van der Waals surface area contributed by atoms with E-state index < -0.39 is 48.0 Å². The quantitative estimate of drug-likeness (QED) is 0.394. The Balaban J connectivity index is 2.79. The number of aliphatic hydroxyl groups excluding tert-OH is 3. The molecule has 1 aliphatic heterocycles. The summed E-state index contributed by atoms with van der Waals surface area (Å²) in [4.78, 5) is 22.9. The van der Waals surface area contributed by atoms with Crippen LogP contribution in [0.1, 0.15) is 27.7 Å². The van der Waals surface area contributed by atoms with E-state index in [2.05, 4.69) is 10.6 Å². The molecular formula is C12H22N2O6. The monoisotopic (exact) mass is 290 g/mol. The Morgan fingerprint density at radius 3 is 2.10 bits per heavy atom. The second kappa shape index (κ2) is 6.04. The molecule has 0 aromatic heterocycles. The number of carbonyl (C=O) groups is 2. The van der Waals surface area contributed by atoms with E-state index in [1.807, 2.05) is 0 Å². The minimum absolute atomic E-state index is 0.499. The van der Waals surface area contributed by atoms with E-state index in [0.29, 0.717) is 0 Å². The maximum absolute atomic E-state index is 11.9. The number of amides is 2. The Bertz CT molecular complexity index is 381. The van der Waals surface area contributed by atoms with E-state index in [0.717, 1.165) is 0 Å². The van der Waals surface area contributed by atoms with Crippen molar-refractivity contribution in [3.05, 3.63) is 0 Å². The molecule has 0 saturated carbocycles. The van der Waals surface area contributed by atoms with Crippen LogP contribution in [0.2, 0.25) is 0 Å². The third kappa shape index (κ3) is 4.14. The average molecular weight is 290 g/mol. The molecule has 1 unspecified atom stereocenters. The molecule has 5 N–H and O–H groups in total. The van der Waals surface area contributed by atoms with Gasteiger partial charge < -0.3 is 30.7 Å². The van der Waals surface area contributed by atoms with Gasteiger partial charge in [0.1, 0.15) is 18.2 Å². The second-order valence-electron chi connectivity index (χ2n) is 5.89. The maximum atomic E-state index is 11.9. The molecule has 1 rings (SSSR count). The van der Waals surface area contributed by atoms with Crippen molar-refractivity contribution in [2.24, 2.45) is 0 Å². The fourth-order valence-corrected chi connectivity index (χ4v) is 1.92. The van der Waals surface area contributed by atoms with Gasteiger partial charge in [-0.1, -0.05) is 0 Å². The van der Waals surface area contributed by atoms with Crippen molar-refractivity contribution in [2.45, 2.75) is 63.9 Å². The van der Waals surface area contributed by atoms with Gasteiger partial charge in [0.15, 0.2) is 12.4 Å². The molecule has 0 aromatic rings. The number of ether oxygens (including phenoxy) is 1. The highest BCUT2D eigenvalue weighted by Crippen LogP contribution is 2.20. The smallest absolute Gasteiger partial charge is 0.252 e. The molecule has 0 radical (unpaired) electrons. The van der Waals surface area contributed by atoms with Crippen LogP contribution in [-0.2, 0) is 14.3 Å². The number of carbonyl (C=O) groups excluding carboxylic acids is 2. The van der Waals surface area contributed by atoms with Crippen LogP contribution in [0, 0.1) is 0 Å². The molecule has 20 heavy (non-hydrogen) atoms. The molecular weight excluding hydrogens is 268 g/mol. The summed E-state index contributed by atoms with van der Waals surface area (Å²) in [5, 5.41) is 34.4. The van der Waals surface area contributed by atoms with Gasteiger partial charge in [-0.3, -0.25) is 9.59 Å². The first-order valence-electron chi connectivity index (χ1n) is 6.31. The minimum Gasteiger partial charge on any atom is -0.388 e. The number of nitrogens with one attached hydrogen (secondary N) is 2. The van der Waals surface area contributed by atoms with Crippen molar-refractivity contribution in [3.8, 4) is 0 Å². The van der Waals surface area contributed by atoms with Crippen molar-refractivity contribution in [1.29, 1.82) is 0 Å². The molecule has 0 spiro atoms. The summed E-state index contributed by atoms with van der Waals surface area (Å²) in [6.45, 7) is 6.43. The van der Waals surface area contributed by atoms with E-state index >= 15 is 0 Å². The van der Waals surface area contributed by atoms with Crippen LogP contribution < -0.4 is 10.6 Å². The molecule has 0 aliphatic carbocycles. The third-order valence-electron chi connectivity index (χ3n) is 2.75. The SMILES string of the molecule is CC(=O)N[C@@H]1[C@@H](O)[C@@H](O)C(C(=O)NC(C)(C)C)O[C@H]1O. The largest absolute Gasteiger partial charge is 0.388 e. The summed E-state index contributed by atoms with van der Waals surface area (Å²) >= 11 is 0. The lowest BCUT2D eigenvalue weighted by Crippen LogP contribution is -2.66. The zero-order chi connectivity index (χ0) is 15.7. The van der Waals surface area contributed by atoms with Gasteiger partial charge in [0.25, 0.3) is 5.91 Å². The van der Waals surface area contributed by atoms with Gasteiger partial charge in [-0.15, -0.1) is 0 Å². The van der Waals surface area contributed by atoms with Crippen molar-refractivity contribution >= 4 is 11.8 Å². The van der Waals surface area contributed by atoms with Gasteiger partial charge in [0.05, 0.1) is 0 Å². The standard InChI is InChI=1S/C12H22N2O6/c1-5(15)13-6-7(16)8(17)9(20-11(6)19)10(18)14-12(2,3)4/h6-9,11,16-17,19H,1-4H3,(H,13,15)(H,14,18)/t6-,7-,8-,9?,11-/m1/s1. The Hall–Kier alpha value is -1.22. The Morgan fingerprint density at radius 2 is 1.65 bits per heavy atom. The first kappa shape index (κ1) is 16.8. The molecule has 1 fully saturated rings. The van der Waals surface area contributed by atoms with Crippen molar-refractivity contribution < 1.29 is 29.6 Å². The Morgan fingerprint density at radius 1 is 1.10 bits per heavy atom. The first-order chi connectivity index (χ1) is 9.03. The van der Waals surface area contributed by atoms with Crippen LogP contribution in [-0.4, -0.2) is 63.3 Å². The predicted octanol–water partition coefficient (Wildman–Crippen LogP) is -2.16. The van der Waals surface area contributed by atoms with E-state index in [4.69, 9.17) is 4.74 Å². The van der Waals surface area contributed by atoms with E-state index in [1.165, 1.54) is 6.92 Å². The van der Waals surface area contributed by atoms with Crippen LogP contribution in [0.4, 0.5) is 0 Å². The van der Waals surface area contributed by atoms with Crippen molar-refractivity contribution in [3.63, 3.8) is 0 Å². The van der Waals surface area contributed by atoms with Gasteiger partial charge in [-0.25, -0.2) is 0 Å². The topological polar surface area (TPSA) is 128 Å². The van der Waals surface area contributed by atoms with Gasteiger partial charge >= 0.3 is 0 Å². The highest BCUT2D eigenvalue weighted by atomic mass is 16.6. The zero-order valence-corrected chi connectivity index (χ0v) is 12.0. The molecule has 1 aliphatic rings. The van der Waals surface area contributed by atoms with Crippen LogP contribution in [0.5, 0.6) is 0 Å². The lowest BCUT2D eigenvalue weighted by Gasteiger charge is -2.40. The van der Waals surface area contributed by atoms with Gasteiger partial charge in [-0.05, 0) is 20.8 Å². The summed E-state index contributed by atoms with van der Waals surface area (Å²) in [5.74, 6) is -1.15. The number of hydrogen-bond acceptors (Lipinski definition) is 6. The Labute approximate surface area is 117 Å². The third-order valence-corrected chi connectivity index (χ3v) is 2.75. The van der Waals surface area contributed by atoms with Gasteiger partial charge in [0, 0.05) is 12.5 Å². The molecule has 8 heteroatoms. The molecule has 116 valence electrons. The molecule has 2 amide bonds. The highest BCUT2D eigenvalue weighted by Gasteiger charge is 2.47. The van der Waals surface area contributed by atoms with Crippen molar-refractivity contribution in [2.75, 3.05) is 0 Å². The average Bonchev–Trinajstić information content (AvgIpc) is 2.26. The van der Waals surface area contributed by atoms with Crippen LogP contribution in [0.25, 0.3) is 0 Å². The molecule has 0 aromatic carbocycles. The highest BCUT2D eigenvalue weighted by molar-refractivity contribution is 5.82. The second-order valence-corrected chi connectivity index (χ2v) is 5.89. The van der Waals surface area contributed by atoms with E-state index in [9.17, 15) is 24.9 Å². The van der Waals surface area contributed by atoms with Crippen LogP contribution in [0.15, 0.2) is 0 Å². The fraction of sp³-hybridized carbons (Fsp3) is 0.833. The number of rotatable bonds is 2. The lowest BCUT2D eigenvalue weighted by molar-refractivity contribution is -0.243. The van der Waals surface area contributed by atoms with Gasteiger partial charge in [-0.2, -0.15) is 0 Å². The first-order valence-corrected chi connectivity index (χ1v) is 6.31. The molecule has 1 heterocycles. The van der Waals surface area contributed by atoms with Crippen LogP contribution in [0.3, 0.4) is 0 Å². The van der Waals surface area contributed by atoms with Crippen LogP contribution >= 0.6 is 0 Å². The summed E-state index contributed by atoms with van der Waals surface area (Å²) in [6, 6.07) is -1.19. The predicted molar refractivity (Wildman–Crippen MR) is 68.4 cm³/mol. The van der Waals surface area contributed by atoms with Crippen molar-refractivity contribution in [1.82, 2.24) is 10.6 Å². The molecule has 0 bridgehead atoms. The Kier molecular flexibility index (Phi) is 5.09. The molecule has 8 nitrogen and oxygen atoms in total. The summed E-state index contributed by atoms with van der Waals surface area (Å²) in [6.07, 6.45) is -6.08. The zero-order valence-electron chi connectivity index (χ0n) is 12.0. The normalized spacial score (nSPS) is 34.5. The fourth-order valence-electron chi connectivity index (χ4n) is 1.92. The van der Waals surface area contributed by atoms with Gasteiger partial charge in [0.2, 0.25) is 5.91 Å². The van der Waals surface area contributed by atoms with E-state index in [1.54, 1.807) is 20.8 Å². The van der Waals surface area contributed by atoms with E-state index in [-0.39, 0.29) is 0 Å². The molecule has 1 saturated heterocycles. The maximum Gasteiger partial charge on any atom is 0.252 e. The summed E-state index contributed by atoms with van der Waals surface area (Å²) in [7, 11) is 0. The lowest BCUT2D eigenvalue weighted by atomic mass is 9.95. The number of aliphatic hydroxyl groups is 3. The molecule has 5 atom stereocenters. The summed E-state index contributed by atoms with van der Waals surface area (Å²) in [5.41, 5.74) is -0.551. The summed E-state index contributed by atoms with van der Waals surface area (Å²) < 4.78 is 5.01. The minimum atomic E-state index is -1.59. The number of hydrogen-bond donors (Lipinski definition) is 5.